The van der Waals surface area contributed by atoms with E-state index in [9.17, 15) is 14.4 Å². The second-order valence-electron chi connectivity index (χ2n) is 9.31. The van der Waals surface area contributed by atoms with Crippen LogP contribution in [0.15, 0.2) is 47.1 Å². The van der Waals surface area contributed by atoms with Crippen LogP contribution in [-0.4, -0.2) is 55.5 Å². The van der Waals surface area contributed by atoms with E-state index in [1.54, 1.807) is 13.2 Å². The summed E-state index contributed by atoms with van der Waals surface area (Å²) < 4.78 is 10.3. The number of furan rings is 1. The number of nitrogens with zero attached hydrogens (tertiary/aromatic N) is 1. The second kappa shape index (κ2) is 13.1. The summed E-state index contributed by atoms with van der Waals surface area (Å²) in [6.45, 7) is 4.42. The smallest absolute Gasteiger partial charge is 0.287 e. The Morgan fingerprint density at radius 3 is 2.34 bits per heavy atom. The molecule has 0 spiro atoms. The zero-order valence-corrected chi connectivity index (χ0v) is 20.9. The predicted octanol–water partition coefficient (Wildman–Crippen LogP) is 3.80. The number of benzene rings is 1. The van der Waals surface area contributed by atoms with Crippen LogP contribution in [0.1, 0.15) is 79.6 Å². The Bertz CT molecular complexity index is 950. The fourth-order valence-electron chi connectivity index (χ4n) is 4.40. The van der Waals surface area contributed by atoms with Crippen molar-refractivity contribution in [2.45, 2.75) is 64.0 Å². The van der Waals surface area contributed by atoms with Gasteiger partial charge in [0.2, 0.25) is 11.8 Å². The average Bonchev–Trinajstić information content (AvgIpc) is 3.41. The Hall–Kier alpha value is -3.13. The van der Waals surface area contributed by atoms with Crippen molar-refractivity contribution in [1.82, 2.24) is 15.5 Å². The summed E-state index contributed by atoms with van der Waals surface area (Å²) in [7, 11) is 1.55. The summed E-state index contributed by atoms with van der Waals surface area (Å²) in [6.07, 6.45) is 6.63. The van der Waals surface area contributed by atoms with Gasteiger partial charge < -0.3 is 24.7 Å². The summed E-state index contributed by atoms with van der Waals surface area (Å²) in [5, 5.41) is 5.77. The van der Waals surface area contributed by atoms with Gasteiger partial charge in [0.1, 0.15) is 6.04 Å². The van der Waals surface area contributed by atoms with Crippen LogP contribution in [0.5, 0.6) is 0 Å². The minimum Gasteiger partial charge on any atom is -0.459 e. The van der Waals surface area contributed by atoms with Gasteiger partial charge in [0.25, 0.3) is 5.91 Å². The molecular weight excluding hydrogens is 446 g/mol. The fraction of sp³-hybridized carbons (Fsp3) is 0.519. The normalized spacial score (nSPS) is 15.0. The van der Waals surface area contributed by atoms with Crippen molar-refractivity contribution in [1.29, 1.82) is 0 Å². The summed E-state index contributed by atoms with van der Waals surface area (Å²) >= 11 is 0. The second-order valence-corrected chi connectivity index (χ2v) is 9.31. The largest absolute Gasteiger partial charge is 0.459 e. The van der Waals surface area contributed by atoms with Crippen LogP contribution in [0.4, 0.5) is 0 Å². The van der Waals surface area contributed by atoms with E-state index in [1.807, 2.05) is 24.3 Å². The maximum atomic E-state index is 13.6. The molecule has 3 rings (SSSR count). The third kappa shape index (κ3) is 7.42. The molecule has 3 amide bonds. The molecule has 0 saturated heterocycles. The molecule has 8 heteroatoms. The van der Waals surface area contributed by atoms with Gasteiger partial charge in [-0.1, -0.05) is 57.4 Å². The Morgan fingerprint density at radius 2 is 1.74 bits per heavy atom. The molecule has 0 bridgehead atoms. The Morgan fingerprint density at radius 1 is 1.06 bits per heavy atom. The maximum absolute atomic E-state index is 13.6. The molecule has 1 aromatic carbocycles. The number of carbonyl (C=O) groups excluding carboxylic acids is 3. The highest BCUT2D eigenvalue weighted by molar-refractivity contribution is 5.95. The number of carbonyl (C=O) groups is 3. The molecule has 1 heterocycles. The summed E-state index contributed by atoms with van der Waals surface area (Å²) in [4.78, 5) is 40.8. The number of nitrogens with one attached hydrogen (secondary N) is 2. The standard InChI is InChI=1S/C27H37N3O5/c1-19(2)20-11-13-21(14-12-20)25(27(33)29-22-8-5-4-6-9-22)30(15-17-34-3)24(31)18-28-26(32)23-10-7-16-35-23/h7,10-14,16,19,22,25H,4-6,8-9,15,17-18H2,1-3H3,(H,28,32)(H,29,33)/t25-/m1/s1. The van der Waals surface area contributed by atoms with Gasteiger partial charge in [-0.2, -0.15) is 0 Å². The first-order chi connectivity index (χ1) is 16.9. The maximum Gasteiger partial charge on any atom is 0.287 e. The van der Waals surface area contributed by atoms with Crippen molar-refractivity contribution in [3.8, 4) is 0 Å². The highest BCUT2D eigenvalue weighted by Crippen LogP contribution is 2.26. The van der Waals surface area contributed by atoms with Crippen molar-refractivity contribution < 1.29 is 23.5 Å². The molecule has 1 fully saturated rings. The van der Waals surface area contributed by atoms with Gasteiger partial charge >= 0.3 is 0 Å². The molecule has 1 saturated carbocycles. The molecule has 190 valence electrons. The topological polar surface area (TPSA) is 101 Å². The van der Waals surface area contributed by atoms with Gasteiger partial charge in [-0.15, -0.1) is 0 Å². The van der Waals surface area contributed by atoms with E-state index in [1.165, 1.54) is 23.7 Å². The fourth-order valence-corrected chi connectivity index (χ4v) is 4.40. The molecule has 1 aliphatic rings. The van der Waals surface area contributed by atoms with Crippen LogP contribution in [0, 0.1) is 0 Å². The van der Waals surface area contributed by atoms with E-state index in [4.69, 9.17) is 9.15 Å². The van der Waals surface area contributed by atoms with Crippen molar-refractivity contribution in [3.05, 3.63) is 59.5 Å². The van der Waals surface area contributed by atoms with E-state index in [-0.39, 0.29) is 43.3 Å². The van der Waals surface area contributed by atoms with Crippen molar-refractivity contribution in [3.63, 3.8) is 0 Å². The van der Waals surface area contributed by atoms with E-state index in [2.05, 4.69) is 24.5 Å². The average molecular weight is 484 g/mol. The third-order valence-corrected chi connectivity index (χ3v) is 6.43. The first kappa shape index (κ1) is 26.5. The number of methoxy groups -OCH3 is 1. The Kier molecular flexibility index (Phi) is 9.90. The van der Waals surface area contributed by atoms with Gasteiger partial charge in [0, 0.05) is 19.7 Å². The molecule has 8 nitrogen and oxygen atoms in total. The Labute approximate surface area is 207 Å². The molecule has 2 N–H and O–H groups in total. The van der Waals surface area contributed by atoms with Crippen LogP contribution in [0.3, 0.4) is 0 Å². The molecule has 1 aliphatic carbocycles. The van der Waals surface area contributed by atoms with Crippen molar-refractivity contribution in [2.75, 3.05) is 26.8 Å². The number of ether oxygens (including phenoxy) is 1. The van der Waals surface area contributed by atoms with E-state index < -0.39 is 11.9 Å². The minimum absolute atomic E-state index is 0.103. The first-order valence-corrected chi connectivity index (χ1v) is 12.4. The highest BCUT2D eigenvalue weighted by Gasteiger charge is 2.33. The lowest BCUT2D eigenvalue weighted by Crippen LogP contribution is -2.50. The van der Waals surface area contributed by atoms with Crippen molar-refractivity contribution in [2.24, 2.45) is 0 Å². The quantitative estimate of drug-likeness (QED) is 0.506. The van der Waals surface area contributed by atoms with Gasteiger partial charge in [0.15, 0.2) is 5.76 Å². The van der Waals surface area contributed by atoms with Crippen LogP contribution >= 0.6 is 0 Å². The molecule has 35 heavy (non-hydrogen) atoms. The Balaban J connectivity index is 1.84. The van der Waals surface area contributed by atoms with Gasteiger partial charge in [-0.3, -0.25) is 14.4 Å². The molecule has 1 aromatic heterocycles. The molecule has 1 atom stereocenters. The molecule has 0 unspecified atom stereocenters. The molecule has 0 radical (unpaired) electrons. The summed E-state index contributed by atoms with van der Waals surface area (Å²) in [5.41, 5.74) is 1.88. The number of amides is 3. The van der Waals surface area contributed by atoms with Gasteiger partial charge in [-0.25, -0.2) is 0 Å². The molecule has 2 aromatic rings. The lowest BCUT2D eigenvalue weighted by atomic mass is 9.94. The van der Waals surface area contributed by atoms with Crippen LogP contribution < -0.4 is 10.6 Å². The molecule has 0 aliphatic heterocycles. The zero-order valence-electron chi connectivity index (χ0n) is 20.9. The number of hydrogen-bond donors (Lipinski definition) is 2. The van der Waals surface area contributed by atoms with Crippen molar-refractivity contribution >= 4 is 17.7 Å². The van der Waals surface area contributed by atoms with Crippen LogP contribution in [0.25, 0.3) is 0 Å². The predicted molar refractivity (Wildman–Crippen MR) is 133 cm³/mol. The zero-order chi connectivity index (χ0) is 25.2. The highest BCUT2D eigenvalue weighted by atomic mass is 16.5. The van der Waals surface area contributed by atoms with Crippen LogP contribution in [-0.2, 0) is 14.3 Å². The SMILES string of the molecule is COCCN(C(=O)CNC(=O)c1ccco1)[C@@H](C(=O)NC1CCCCC1)c1ccc(C(C)C)cc1. The number of rotatable bonds is 11. The van der Waals surface area contributed by atoms with Gasteiger partial charge in [-0.05, 0) is 42.0 Å². The van der Waals surface area contributed by atoms with Crippen LogP contribution in [0.2, 0.25) is 0 Å². The molecular formula is C27H37N3O5. The lowest BCUT2D eigenvalue weighted by Gasteiger charge is -2.33. The first-order valence-electron chi connectivity index (χ1n) is 12.4. The van der Waals surface area contributed by atoms with E-state index in [0.717, 1.165) is 36.8 Å². The van der Waals surface area contributed by atoms with E-state index in [0.29, 0.717) is 5.92 Å². The third-order valence-electron chi connectivity index (χ3n) is 6.43. The minimum atomic E-state index is -0.832. The van der Waals surface area contributed by atoms with E-state index >= 15 is 0 Å². The monoisotopic (exact) mass is 483 g/mol. The lowest BCUT2D eigenvalue weighted by molar-refractivity contribution is -0.141. The summed E-state index contributed by atoms with van der Waals surface area (Å²) in [6, 6.07) is 10.2. The number of hydrogen-bond acceptors (Lipinski definition) is 5. The summed E-state index contributed by atoms with van der Waals surface area (Å²) in [5.74, 6) is -0.604. The van der Waals surface area contributed by atoms with Gasteiger partial charge in [0.05, 0.1) is 19.4 Å².